The van der Waals surface area contributed by atoms with E-state index in [2.05, 4.69) is 31.4 Å². The molecular formula is C27H28N2O3S. The molecule has 2 aromatic carbocycles. The lowest BCUT2D eigenvalue weighted by Gasteiger charge is -2.34. The van der Waals surface area contributed by atoms with Crippen LogP contribution in [-0.2, 0) is 12.8 Å². The van der Waals surface area contributed by atoms with Crippen molar-refractivity contribution in [3.63, 3.8) is 0 Å². The SMILES string of the molecule is CC(C)(C)[C@H]1CCc2c(sc3c2C(=O)N[C@@H](c2cccc(OC(=O)c4ccccc4)c2)N3)C1. The zero-order valence-electron chi connectivity index (χ0n) is 19.1. The van der Waals surface area contributed by atoms with Crippen molar-refractivity contribution in [2.75, 3.05) is 5.32 Å². The van der Waals surface area contributed by atoms with Crippen molar-refractivity contribution in [1.82, 2.24) is 5.32 Å². The van der Waals surface area contributed by atoms with Crippen LogP contribution in [0, 0.1) is 11.3 Å². The largest absolute Gasteiger partial charge is 0.423 e. The topological polar surface area (TPSA) is 67.4 Å². The first-order valence-corrected chi connectivity index (χ1v) is 12.2. The zero-order valence-corrected chi connectivity index (χ0v) is 19.9. The van der Waals surface area contributed by atoms with Crippen LogP contribution in [0.5, 0.6) is 5.75 Å². The van der Waals surface area contributed by atoms with Crippen molar-refractivity contribution >= 4 is 28.2 Å². The number of hydrogen-bond donors (Lipinski definition) is 2. The van der Waals surface area contributed by atoms with Gasteiger partial charge in [-0.3, -0.25) is 4.79 Å². The second-order valence-electron chi connectivity index (χ2n) is 9.89. The molecule has 33 heavy (non-hydrogen) atoms. The Bertz CT molecular complexity index is 1210. The van der Waals surface area contributed by atoms with Gasteiger partial charge in [-0.05, 0) is 66.0 Å². The predicted molar refractivity (Wildman–Crippen MR) is 131 cm³/mol. The van der Waals surface area contributed by atoms with Crippen LogP contribution >= 0.6 is 11.3 Å². The molecule has 5 rings (SSSR count). The number of amides is 1. The van der Waals surface area contributed by atoms with E-state index in [1.165, 1.54) is 10.4 Å². The Kier molecular flexibility index (Phi) is 5.49. The van der Waals surface area contributed by atoms with Gasteiger partial charge in [0, 0.05) is 4.88 Å². The molecule has 5 nitrogen and oxygen atoms in total. The van der Waals surface area contributed by atoms with Gasteiger partial charge in [0.15, 0.2) is 0 Å². The van der Waals surface area contributed by atoms with Crippen LogP contribution in [0.4, 0.5) is 5.00 Å². The normalized spacial score (nSPS) is 19.7. The maximum absolute atomic E-state index is 13.1. The Balaban J connectivity index is 1.36. The van der Waals surface area contributed by atoms with E-state index in [1.54, 1.807) is 47.7 Å². The third-order valence-electron chi connectivity index (χ3n) is 6.68. The van der Waals surface area contributed by atoms with Gasteiger partial charge in [-0.1, -0.05) is 51.1 Å². The summed E-state index contributed by atoms with van der Waals surface area (Å²) in [6.07, 6.45) is 2.72. The molecule has 0 saturated carbocycles. The number of fused-ring (bicyclic) bond motifs is 3. The van der Waals surface area contributed by atoms with E-state index in [-0.39, 0.29) is 17.5 Å². The number of hydrogen-bond acceptors (Lipinski definition) is 5. The number of rotatable bonds is 3. The van der Waals surface area contributed by atoms with Gasteiger partial charge in [-0.2, -0.15) is 0 Å². The lowest BCUT2D eigenvalue weighted by Crippen LogP contribution is -2.38. The fourth-order valence-corrected chi connectivity index (χ4v) is 6.05. The second kappa shape index (κ2) is 8.34. The fraction of sp³-hybridized carbons (Fsp3) is 0.333. The van der Waals surface area contributed by atoms with Gasteiger partial charge in [-0.25, -0.2) is 4.79 Å². The van der Waals surface area contributed by atoms with E-state index in [0.29, 0.717) is 17.2 Å². The summed E-state index contributed by atoms with van der Waals surface area (Å²) in [4.78, 5) is 26.9. The summed E-state index contributed by atoms with van der Waals surface area (Å²) in [6.45, 7) is 6.90. The van der Waals surface area contributed by atoms with Gasteiger partial charge < -0.3 is 15.4 Å². The van der Waals surface area contributed by atoms with Crippen molar-refractivity contribution < 1.29 is 14.3 Å². The highest BCUT2D eigenvalue weighted by atomic mass is 32.1. The van der Waals surface area contributed by atoms with Gasteiger partial charge in [0.1, 0.15) is 16.9 Å². The van der Waals surface area contributed by atoms with Crippen LogP contribution < -0.4 is 15.4 Å². The van der Waals surface area contributed by atoms with Crippen LogP contribution in [0.2, 0.25) is 0 Å². The molecule has 0 fully saturated rings. The Labute approximate surface area is 198 Å². The molecule has 2 N–H and O–H groups in total. The molecule has 2 atom stereocenters. The van der Waals surface area contributed by atoms with Crippen molar-refractivity contribution in [2.24, 2.45) is 11.3 Å². The molecule has 1 aromatic heterocycles. The lowest BCUT2D eigenvalue weighted by molar-refractivity contribution is 0.0734. The number of benzene rings is 2. The summed E-state index contributed by atoms with van der Waals surface area (Å²) in [5.74, 6) is 0.629. The third kappa shape index (κ3) is 4.27. The second-order valence-corrected chi connectivity index (χ2v) is 11.0. The van der Waals surface area contributed by atoms with Crippen LogP contribution in [0.25, 0.3) is 0 Å². The van der Waals surface area contributed by atoms with Gasteiger partial charge in [-0.15, -0.1) is 11.3 Å². The van der Waals surface area contributed by atoms with Gasteiger partial charge in [0.2, 0.25) is 0 Å². The van der Waals surface area contributed by atoms with E-state index in [0.717, 1.165) is 35.4 Å². The Hall–Kier alpha value is -3.12. The van der Waals surface area contributed by atoms with Gasteiger partial charge >= 0.3 is 5.97 Å². The number of thiophene rings is 1. The number of ether oxygens (including phenoxy) is 1. The molecule has 0 radical (unpaired) electrons. The minimum absolute atomic E-state index is 0.0351. The molecule has 2 heterocycles. The van der Waals surface area contributed by atoms with Crippen LogP contribution in [0.15, 0.2) is 54.6 Å². The zero-order chi connectivity index (χ0) is 23.2. The molecule has 0 bridgehead atoms. The van der Waals surface area contributed by atoms with Crippen molar-refractivity contribution in [3.8, 4) is 5.75 Å². The van der Waals surface area contributed by atoms with Crippen molar-refractivity contribution in [3.05, 3.63) is 81.7 Å². The van der Waals surface area contributed by atoms with Gasteiger partial charge in [0.25, 0.3) is 5.91 Å². The Morgan fingerprint density at radius 1 is 1.06 bits per heavy atom. The summed E-state index contributed by atoms with van der Waals surface area (Å²) in [5.41, 5.74) is 3.62. The van der Waals surface area contributed by atoms with Crippen molar-refractivity contribution in [2.45, 2.75) is 46.2 Å². The van der Waals surface area contributed by atoms with E-state index in [1.807, 2.05) is 18.2 Å². The quantitative estimate of drug-likeness (QED) is 0.373. The smallest absolute Gasteiger partial charge is 0.343 e. The molecule has 0 unspecified atom stereocenters. The molecule has 1 aliphatic carbocycles. The number of anilines is 1. The minimum Gasteiger partial charge on any atom is -0.423 e. The maximum atomic E-state index is 13.1. The van der Waals surface area contributed by atoms with E-state index in [9.17, 15) is 9.59 Å². The molecule has 0 saturated heterocycles. The summed E-state index contributed by atoms with van der Waals surface area (Å²) < 4.78 is 5.56. The molecular weight excluding hydrogens is 432 g/mol. The summed E-state index contributed by atoms with van der Waals surface area (Å²) in [6, 6.07) is 16.2. The molecule has 3 aromatic rings. The van der Waals surface area contributed by atoms with E-state index < -0.39 is 5.97 Å². The average molecular weight is 461 g/mol. The average Bonchev–Trinajstić information content (AvgIpc) is 3.17. The number of carbonyl (C=O) groups is 2. The number of esters is 1. The molecule has 2 aliphatic rings. The van der Waals surface area contributed by atoms with Crippen molar-refractivity contribution in [1.29, 1.82) is 0 Å². The number of carbonyl (C=O) groups excluding carboxylic acids is 2. The van der Waals surface area contributed by atoms with Gasteiger partial charge in [0.05, 0.1) is 11.1 Å². The van der Waals surface area contributed by atoms with E-state index >= 15 is 0 Å². The summed E-state index contributed by atoms with van der Waals surface area (Å²) >= 11 is 1.71. The number of nitrogens with one attached hydrogen (secondary N) is 2. The summed E-state index contributed by atoms with van der Waals surface area (Å²) in [5, 5.41) is 7.55. The first-order chi connectivity index (χ1) is 15.8. The standard InChI is InChI=1S/C27H28N2O3S/c1-27(2,3)18-12-13-20-21(15-18)33-25-22(20)24(30)28-23(29-25)17-10-7-11-19(14-17)32-26(31)16-8-5-4-6-9-16/h4-11,14,18,23,29H,12-13,15H2,1-3H3,(H,28,30)/t18-,23+/m0/s1. The van der Waals surface area contributed by atoms with E-state index in [4.69, 9.17) is 4.74 Å². The molecule has 1 amide bonds. The molecule has 170 valence electrons. The fourth-order valence-electron chi connectivity index (χ4n) is 4.70. The minimum atomic E-state index is -0.407. The highest BCUT2D eigenvalue weighted by molar-refractivity contribution is 7.16. The highest BCUT2D eigenvalue weighted by Crippen LogP contribution is 2.46. The van der Waals surface area contributed by atoms with Crippen LogP contribution in [0.1, 0.15) is 70.1 Å². The van der Waals surface area contributed by atoms with Crippen LogP contribution in [-0.4, -0.2) is 11.9 Å². The maximum Gasteiger partial charge on any atom is 0.343 e. The Morgan fingerprint density at radius 2 is 1.85 bits per heavy atom. The third-order valence-corrected chi connectivity index (χ3v) is 7.86. The lowest BCUT2D eigenvalue weighted by atomic mass is 9.72. The van der Waals surface area contributed by atoms with Crippen LogP contribution in [0.3, 0.4) is 0 Å². The highest BCUT2D eigenvalue weighted by Gasteiger charge is 2.36. The predicted octanol–water partition coefficient (Wildman–Crippen LogP) is 5.97. The molecule has 0 spiro atoms. The monoisotopic (exact) mass is 460 g/mol. The molecule has 6 heteroatoms. The first-order valence-electron chi connectivity index (χ1n) is 11.4. The Morgan fingerprint density at radius 3 is 2.61 bits per heavy atom. The molecule has 1 aliphatic heterocycles. The first kappa shape index (κ1) is 21.7. The summed E-state index contributed by atoms with van der Waals surface area (Å²) in [7, 11) is 0.